The predicted molar refractivity (Wildman–Crippen MR) is 80.0 cm³/mol. The van der Waals surface area contributed by atoms with Crippen LogP contribution in [-0.2, 0) is 14.6 Å². The number of carbonyl (C=O) groups is 1. The van der Waals surface area contributed by atoms with Crippen molar-refractivity contribution >= 4 is 27.5 Å². The third-order valence-electron chi connectivity index (χ3n) is 3.34. The summed E-state index contributed by atoms with van der Waals surface area (Å²) in [7, 11) is -2.94. The summed E-state index contributed by atoms with van der Waals surface area (Å²) in [4.78, 5) is 13.8. The number of hydrogen-bond acceptors (Lipinski definition) is 5. The molecule has 112 valence electrons. The van der Waals surface area contributed by atoms with Crippen molar-refractivity contribution in [3.8, 4) is 0 Å². The average molecular weight is 308 g/mol. The summed E-state index contributed by atoms with van der Waals surface area (Å²) < 4.78 is 22.9. The minimum atomic E-state index is -2.94. The van der Waals surface area contributed by atoms with E-state index in [9.17, 15) is 13.2 Å². The molecule has 1 aliphatic heterocycles. The average Bonchev–Trinajstić information content (AvgIpc) is 2.70. The zero-order valence-electron chi connectivity index (χ0n) is 11.7. The molecule has 0 aromatic carbocycles. The number of amides is 1. The molecule has 0 bridgehead atoms. The van der Waals surface area contributed by atoms with Crippen molar-refractivity contribution in [3.63, 3.8) is 0 Å². The van der Waals surface area contributed by atoms with Crippen LogP contribution < -0.4 is 5.73 Å². The van der Waals surface area contributed by atoms with E-state index in [1.807, 2.05) is 6.92 Å². The van der Waals surface area contributed by atoms with Gasteiger partial charge in [-0.2, -0.15) is 11.8 Å². The van der Waals surface area contributed by atoms with Crippen LogP contribution in [0.15, 0.2) is 0 Å². The second-order valence-corrected chi connectivity index (χ2v) is 8.35. The lowest BCUT2D eigenvalue weighted by atomic mass is 10.2. The van der Waals surface area contributed by atoms with Crippen LogP contribution in [0.5, 0.6) is 0 Å². The van der Waals surface area contributed by atoms with E-state index in [-0.39, 0.29) is 23.5 Å². The van der Waals surface area contributed by atoms with Crippen LogP contribution in [0.2, 0.25) is 0 Å². The Labute approximate surface area is 120 Å². The highest BCUT2D eigenvalue weighted by molar-refractivity contribution is 7.99. The first kappa shape index (κ1) is 16.8. The van der Waals surface area contributed by atoms with Gasteiger partial charge in [0.1, 0.15) is 0 Å². The molecular weight excluding hydrogens is 284 g/mol. The van der Waals surface area contributed by atoms with Gasteiger partial charge in [0.15, 0.2) is 9.84 Å². The van der Waals surface area contributed by atoms with Gasteiger partial charge in [0.25, 0.3) is 0 Å². The van der Waals surface area contributed by atoms with Crippen LogP contribution in [0.1, 0.15) is 20.3 Å². The van der Waals surface area contributed by atoms with E-state index in [0.717, 1.165) is 5.75 Å². The van der Waals surface area contributed by atoms with Gasteiger partial charge in [-0.25, -0.2) is 8.42 Å². The summed E-state index contributed by atoms with van der Waals surface area (Å²) >= 11 is 1.58. The second-order valence-electron chi connectivity index (χ2n) is 5.09. The Hall–Kier alpha value is -0.270. The van der Waals surface area contributed by atoms with Gasteiger partial charge in [0, 0.05) is 12.6 Å². The third kappa shape index (κ3) is 5.31. The van der Waals surface area contributed by atoms with Gasteiger partial charge in [0.05, 0.1) is 17.3 Å². The molecular formula is C12H24N2O3S2. The molecule has 2 N–H and O–H groups in total. The summed E-state index contributed by atoms with van der Waals surface area (Å²) in [6, 6.07) is -0.130. The van der Waals surface area contributed by atoms with Gasteiger partial charge in [0.2, 0.25) is 5.91 Å². The van der Waals surface area contributed by atoms with Crippen LogP contribution in [0.25, 0.3) is 0 Å². The standard InChI is InChI=1S/C12H24N2O3S2/c1-3-14(11-4-5-19(16,17)9-11)12(15)8-18-7-10(2)6-13/h10-11H,3-9,13H2,1-2H3. The van der Waals surface area contributed by atoms with Gasteiger partial charge < -0.3 is 10.6 Å². The minimum Gasteiger partial charge on any atom is -0.338 e. The van der Waals surface area contributed by atoms with Crippen LogP contribution in [0.3, 0.4) is 0 Å². The fraction of sp³-hybridized carbons (Fsp3) is 0.917. The van der Waals surface area contributed by atoms with Crippen LogP contribution in [0.4, 0.5) is 0 Å². The van der Waals surface area contributed by atoms with Crippen molar-refractivity contribution < 1.29 is 13.2 Å². The summed E-state index contributed by atoms with van der Waals surface area (Å²) in [6.07, 6.45) is 0.575. The van der Waals surface area contributed by atoms with Crippen molar-refractivity contribution in [2.24, 2.45) is 11.7 Å². The van der Waals surface area contributed by atoms with E-state index in [1.54, 1.807) is 16.7 Å². The molecule has 1 amide bonds. The number of nitrogens with two attached hydrogens (primary N) is 1. The number of rotatable bonds is 7. The molecule has 1 saturated heterocycles. The summed E-state index contributed by atoms with van der Waals surface area (Å²) in [6.45, 7) is 5.15. The topological polar surface area (TPSA) is 80.5 Å². The summed E-state index contributed by atoms with van der Waals surface area (Å²) in [5.41, 5.74) is 5.53. The molecule has 1 aliphatic rings. The lowest BCUT2D eigenvalue weighted by molar-refractivity contribution is -0.129. The van der Waals surface area contributed by atoms with Crippen molar-refractivity contribution in [2.45, 2.75) is 26.3 Å². The maximum Gasteiger partial charge on any atom is 0.232 e. The highest BCUT2D eigenvalue weighted by Gasteiger charge is 2.33. The van der Waals surface area contributed by atoms with Crippen molar-refractivity contribution in [1.82, 2.24) is 4.90 Å². The summed E-state index contributed by atoms with van der Waals surface area (Å²) in [5, 5.41) is 0. The zero-order valence-corrected chi connectivity index (χ0v) is 13.3. The largest absolute Gasteiger partial charge is 0.338 e. The smallest absolute Gasteiger partial charge is 0.232 e. The molecule has 0 aromatic rings. The fourth-order valence-corrected chi connectivity index (χ4v) is 4.89. The molecule has 1 heterocycles. The van der Waals surface area contributed by atoms with E-state index < -0.39 is 9.84 Å². The van der Waals surface area contributed by atoms with Gasteiger partial charge in [-0.15, -0.1) is 0 Å². The molecule has 0 aromatic heterocycles. The van der Waals surface area contributed by atoms with Crippen LogP contribution in [-0.4, -0.2) is 61.4 Å². The lowest BCUT2D eigenvalue weighted by Crippen LogP contribution is -2.42. The molecule has 0 saturated carbocycles. The molecule has 1 fully saturated rings. The quantitative estimate of drug-likeness (QED) is 0.734. The van der Waals surface area contributed by atoms with Crippen LogP contribution in [0, 0.1) is 5.92 Å². The Morgan fingerprint density at radius 3 is 2.68 bits per heavy atom. The van der Waals surface area contributed by atoms with Gasteiger partial charge >= 0.3 is 0 Å². The highest BCUT2D eigenvalue weighted by Crippen LogP contribution is 2.19. The Kier molecular flexibility index (Phi) is 6.62. The van der Waals surface area contributed by atoms with Gasteiger partial charge in [-0.3, -0.25) is 4.79 Å². The number of thioether (sulfide) groups is 1. The first-order valence-corrected chi connectivity index (χ1v) is 9.65. The first-order chi connectivity index (χ1) is 8.89. The number of sulfone groups is 1. The number of hydrogen-bond donors (Lipinski definition) is 1. The Bertz CT molecular complexity index is 398. The highest BCUT2D eigenvalue weighted by atomic mass is 32.2. The minimum absolute atomic E-state index is 0.0406. The number of carbonyl (C=O) groups excluding carboxylic acids is 1. The van der Waals surface area contributed by atoms with E-state index in [0.29, 0.717) is 31.2 Å². The zero-order chi connectivity index (χ0) is 14.5. The van der Waals surface area contributed by atoms with Gasteiger partial charge in [-0.1, -0.05) is 6.92 Å². The van der Waals surface area contributed by atoms with Crippen molar-refractivity contribution in [3.05, 3.63) is 0 Å². The number of nitrogens with zero attached hydrogens (tertiary/aromatic N) is 1. The Morgan fingerprint density at radius 1 is 1.53 bits per heavy atom. The summed E-state index contributed by atoms with van der Waals surface area (Å²) in [5.74, 6) is 2.05. The molecule has 19 heavy (non-hydrogen) atoms. The molecule has 0 aliphatic carbocycles. The molecule has 7 heteroatoms. The normalized spacial score (nSPS) is 23.2. The fourth-order valence-electron chi connectivity index (χ4n) is 2.16. The van der Waals surface area contributed by atoms with Gasteiger partial charge in [-0.05, 0) is 31.6 Å². The lowest BCUT2D eigenvalue weighted by Gasteiger charge is -2.26. The van der Waals surface area contributed by atoms with Crippen LogP contribution >= 0.6 is 11.8 Å². The molecule has 2 atom stereocenters. The predicted octanol–water partition coefficient (Wildman–Crippen LogP) is 0.350. The van der Waals surface area contributed by atoms with Crippen molar-refractivity contribution in [2.75, 3.05) is 36.1 Å². The molecule has 1 rings (SSSR count). The van der Waals surface area contributed by atoms with E-state index >= 15 is 0 Å². The Morgan fingerprint density at radius 2 is 2.21 bits per heavy atom. The maximum atomic E-state index is 12.1. The van der Waals surface area contributed by atoms with E-state index in [4.69, 9.17) is 5.73 Å². The SMILES string of the molecule is CCN(C(=O)CSCC(C)CN)C1CCS(=O)(=O)C1. The second kappa shape index (κ2) is 7.50. The van der Waals surface area contributed by atoms with Crippen molar-refractivity contribution in [1.29, 1.82) is 0 Å². The molecule has 2 unspecified atom stereocenters. The molecule has 0 radical (unpaired) electrons. The first-order valence-electron chi connectivity index (χ1n) is 6.67. The maximum absolute atomic E-state index is 12.1. The van der Waals surface area contributed by atoms with E-state index in [2.05, 4.69) is 6.92 Å². The monoisotopic (exact) mass is 308 g/mol. The molecule has 0 spiro atoms. The van der Waals surface area contributed by atoms with E-state index in [1.165, 1.54) is 0 Å². The Balaban J connectivity index is 2.44. The molecule has 5 nitrogen and oxygen atoms in total. The third-order valence-corrected chi connectivity index (χ3v) is 6.35.